The molecule has 1 N–H and O–H groups in total. The van der Waals surface area contributed by atoms with Gasteiger partial charge in [-0.3, -0.25) is 4.79 Å². The van der Waals surface area contributed by atoms with Crippen LogP contribution in [0.1, 0.15) is 22.8 Å². The highest BCUT2D eigenvalue weighted by Crippen LogP contribution is 2.45. The van der Waals surface area contributed by atoms with Crippen LogP contribution in [0.2, 0.25) is 0 Å². The molecule has 6 heteroatoms. The topological polar surface area (TPSA) is 78.1 Å². The summed E-state index contributed by atoms with van der Waals surface area (Å²) in [4.78, 5) is 12.8. The van der Waals surface area contributed by atoms with Crippen molar-refractivity contribution in [2.24, 2.45) is 0 Å². The summed E-state index contributed by atoms with van der Waals surface area (Å²) in [6, 6.07) is 8.99. The number of hydrogen-bond donors (Lipinski definition) is 1. The molecule has 0 saturated heterocycles. The van der Waals surface area contributed by atoms with E-state index in [0.29, 0.717) is 17.6 Å². The average Bonchev–Trinajstić information content (AvgIpc) is 3.15. The fourth-order valence-electron chi connectivity index (χ4n) is 2.85. The summed E-state index contributed by atoms with van der Waals surface area (Å²) < 4.78 is 21.3. The number of rotatable bonds is 7. The van der Waals surface area contributed by atoms with Gasteiger partial charge in [0.2, 0.25) is 5.75 Å². The zero-order valence-corrected chi connectivity index (χ0v) is 15.3. The number of ether oxygens (including phenoxy) is 3. The zero-order valence-electron chi connectivity index (χ0n) is 15.3. The third-order valence-corrected chi connectivity index (χ3v) is 4.07. The van der Waals surface area contributed by atoms with E-state index >= 15 is 0 Å². The van der Waals surface area contributed by atoms with Crippen molar-refractivity contribution < 1.29 is 28.5 Å². The van der Waals surface area contributed by atoms with E-state index in [1.165, 1.54) is 26.6 Å². The molecule has 0 unspecified atom stereocenters. The van der Waals surface area contributed by atoms with Crippen LogP contribution in [0.3, 0.4) is 0 Å². The second-order valence-corrected chi connectivity index (χ2v) is 5.65. The monoisotopic (exact) mass is 368 g/mol. The van der Waals surface area contributed by atoms with Gasteiger partial charge in [0.25, 0.3) is 0 Å². The summed E-state index contributed by atoms with van der Waals surface area (Å²) in [5, 5.41) is 11.1. The number of fused-ring (bicyclic) bond motifs is 1. The lowest BCUT2D eigenvalue weighted by atomic mass is 10.0. The van der Waals surface area contributed by atoms with Crippen LogP contribution in [-0.2, 0) is 0 Å². The average molecular weight is 368 g/mol. The lowest BCUT2D eigenvalue weighted by Gasteiger charge is -2.13. The number of benzene rings is 2. The first-order valence-corrected chi connectivity index (χ1v) is 8.40. The number of carbonyl (C=O) groups is 1. The van der Waals surface area contributed by atoms with Crippen LogP contribution in [0.4, 0.5) is 0 Å². The molecule has 1 heterocycles. The van der Waals surface area contributed by atoms with Crippen LogP contribution in [-0.4, -0.2) is 31.7 Å². The maximum absolute atomic E-state index is 12.8. The molecule has 0 bridgehead atoms. The third kappa shape index (κ3) is 3.46. The Morgan fingerprint density at radius 3 is 2.44 bits per heavy atom. The summed E-state index contributed by atoms with van der Waals surface area (Å²) in [6.45, 7) is 2.50. The molecule has 140 valence electrons. The molecule has 0 aliphatic heterocycles. The number of methoxy groups -OCH3 is 2. The molecule has 0 fully saturated rings. The van der Waals surface area contributed by atoms with Gasteiger partial charge in [0.1, 0.15) is 17.1 Å². The SMILES string of the molecule is CCOc1ccc(/C=C/C(=O)c2c(O)c(OC)c3occc3c2OC)cc1. The molecule has 1 aromatic heterocycles. The molecule has 0 spiro atoms. The van der Waals surface area contributed by atoms with Gasteiger partial charge in [-0.1, -0.05) is 18.2 Å². The van der Waals surface area contributed by atoms with Gasteiger partial charge in [-0.15, -0.1) is 0 Å². The van der Waals surface area contributed by atoms with Gasteiger partial charge in [-0.25, -0.2) is 0 Å². The van der Waals surface area contributed by atoms with E-state index in [1.54, 1.807) is 12.1 Å². The number of phenolic OH excluding ortho intramolecular Hbond substituents is 1. The van der Waals surface area contributed by atoms with Gasteiger partial charge in [0.05, 0.1) is 32.5 Å². The maximum Gasteiger partial charge on any atom is 0.205 e. The Balaban J connectivity index is 1.98. The lowest BCUT2D eigenvalue weighted by molar-refractivity contribution is 0.104. The van der Waals surface area contributed by atoms with Crippen molar-refractivity contribution in [3.8, 4) is 23.0 Å². The second-order valence-electron chi connectivity index (χ2n) is 5.65. The number of carbonyl (C=O) groups excluding carboxylic acids is 1. The summed E-state index contributed by atoms with van der Waals surface area (Å²) in [5.74, 6) is 0.347. The molecule has 0 radical (unpaired) electrons. The van der Waals surface area contributed by atoms with Crippen LogP contribution < -0.4 is 14.2 Å². The van der Waals surface area contributed by atoms with Crippen molar-refractivity contribution in [3.05, 3.63) is 53.8 Å². The van der Waals surface area contributed by atoms with Crippen LogP contribution in [0, 0.1) is 0 Å². The molecule has 0 saturated carbocycles. The first-order chi connectivity index (χ1) is 13.1. The molecule has 0 atom stereocenters. The summed E-state index contributed by atoms with van der Waals surface area (Å²) in [7, 11) is 2.83. The molecular weight excluding hydrogens is 348 g/mol. The predicted molar refractivity (Wildman–Crippen MR) is 102 cm³/mol. The zero-order chi connectivity index (χ0) is 19.4. The molecule has 6 nitrogen and oxygen atoms in total. The van der Waals surface area contributed by atoms with Gasteiger partial charge in [0.15, 0.2) is 17.1 Å². The Morgan fingerprint density at radius 2 is 1.81 bits per heavy atom. The molecule has 0 aliphatic carbocycles. The van der Waals surface area contributed by atoms with Crippen LogP contribution in [0.5, 0.6) is 23.0 Å². The van der Waals surface area contributed by atoms with E-state index in [2.05, 4.69) is 0 Å². The van der Waals surface area contributed by atoms with Gasteiger partial charge in [0, 0.05) is 0 Å². The molecular formula is C21H20O6. The molecule has 3 rings (SSSR count). The number of aromatic hydroxyl groups is 1. The van der Waals surface area contributed by atoms with Gasteiger partial charge < -0.3 is 23.7 Å². The van der Waals surface area contributed by atoms with E-state index in [-0.39, 0.29) is 22.8 Å². The van der Waals surface area contributed by atoms with Gasteiger partial charge in [-0.05, 0) is 36.8 Å². The highest BCUT2D eigenvalue weighted by molar-refractivity contribution is 6.15. The molecule has 2 aromatic carbocycles. The molecule has 0 aliphatic rings. The van der Waals surface area contributed by atoms with Crippen LogP contribution in [0.25, 0.3) is 17.0 Å². The second kappa shape index (κ2) is 7.86. The number of ketones is 1. The minimum atomic E-state index is -0.417. The first-order valence-electron chi connectivity index (χ1n) is 8.40. The van der Waals surface area contributed by atoms with Crippen molar-refractivity contribution in [2.45, 2.75) is 6.92 Å². The number of phenols is 1. The largest absolute Gasteiger partial charge is 0.504 e. The van der Waals surface area contributed by atoms with E-state index in [0.717, 1.165) is 11.3 Å². The highest BCUT2D eigenvalue weighted by atomic mass is 16.5. The standard InChI is InChI=1S/C21H20O6/c1-4-26-14-8-5-13(6-9-14)7-10-16(22)17-18(23)21(25-3)20-15(11-12-27-20)19(17)24-2/h5-12,23H,4H2,1-3H3/b10-7+. The lowest BCUT2D eigenvalue weighted by Crippen LogP contribution is -2.02. The van der Waals surface area contributed by atoms with E-state index in [1.807, 2.05) is 31.2 Å². The van der Waals surface area contributed by atoms with Crippen LogP contribution >= 0.6 is 0 Å². The quantitative estimate of drug-likeness (QED) is 0.490. The van der Waals surface area contributed by atoms with E-state index in [9.17, 15) is 9.90 Å². The Bertz CT molecular complexity index is 982. The smallest absolute Gasteiger partial charge is 0.205 e. The van der Waals surface area contributed by atoms with Crippen molar-refractivity contribution in [3.63, 3.8) is 0 Å². The van der Waals surface area contributed by atoms with Gasteiger partial charge in [-0.2, -0.15) is 0 Å². The van der Waals surface area contributed by atoms with Gasteiger partial charge >= 0.3 is 0 Å². The van der Waals surface area contributed by atoms with Crippen LogP contribution in [0.15, 0.2) is 47.1 Å². The minimum Gasteiger partial charge on any atom is -0.504 e. The third-order valence-electron chi connectivity index (χ3n) is 4.07. The first kappa shape index (κ1) is 18.4. The number of furan rings is 1. The minimum absolute atomic E-state index is 0.0189. The Morgan fingerprint density at radius 1 is 1.11 bits per heavy atom. The van der Waals surface area contributed by atoms with Crippen molar-refractivity contribution in [2.75, 3.05) is 20.8 Å². The number of hydrogen-bond acceptors (Lipinski definition) is 6. The Kier molecular flexibility index (Phi) is 5.35. The molecule has 27 heavy (non-hydrogen) atoms. The summed E-state index contributed by atoms with van der Waals surface area (Å²) in [5.41, 5.74) is 1.16. The fourth-order valence-corrected chi connectivity index (χ4v) is 2.85. The summed E-state index contributed by atoms with van der Waals surface area (Å²) in [6.07, 6.45) is 4.47. The normalized spacial score (nSPS) is 11.1. The molecule has 0 amide bonds. The summed E-state index contributed by atoms with van der Waals surface area (Å²) >= 11 is 0. The molecule has 3 aromatic rings. The Hall–Kier alpha value is -3.41. The predicted octanol–water partition coefficient (Wildman–Crippen LogP) is 4.45. The van der Waals surface area contributed by atoms with Crippen molar-refractivity contribution >= 4 is 22.8 Å². The van der Waals surface area contributed by atoms with E-state index < -0.39 is 5.78 Å². The Labute approximate surface area is 156 Å². The fraction of sp³-hybridized carbons (Fsp3) is 0.190. The maximum atomic E-state index is 12.8. The van der Waals surface area contributed by atoms with E-state index in [4.69, 9.17) is 18.6 Å². The highest BCUT2D eigenvalue weighted by Gasteiger charge is 2.26. The number of allylic oxidation sites excluding steroid dienone is 1. The van der Waals surface area contributed by atoms with Crippen molar-refractivity contribution in [1.82, 2.24) is 0 Å². The van der Waals surface area contributed by atoms with Crippen molar-refractivity contribution in [1.29, 1.82) is 0 Å².